The van der Waals surface area contributed by atoms with E-state index in [0.29, 0.717) is 6.04 Å². The first-order valence-electron chi connectivity index (χ1n) is 9.44. The van der Waals surface area contributed by atoms with Crippen LogP contribution in [0.3, 0.4) is 0 Å². The van der Waals surface area contributed by atoms with Crippen molar-refractivity contribution >= 4 is 11.5 Å². The molecule has 3 aromatic rings. The van der Waals surface area contributed by atoms with E-state index in [2.05, 4.69) is 17.4 Å². The molecule has 4 rings (SSSR count). The van der Waals surface area contributed by atoms with Gasteiger partial charge in [-0.1, -0.05) is 37.5 Å². The predicted molar refractivity (Wildman–Crippen MR) is 105 cm³/mol. The summed E-state index contributed by atoms with van der Waals surface area (Å²) in [5.41, 5.74) is 4.90. The van der Waals surface area contributed by atoms with Gasteiger partial charge in [-0.25, -0.2) is 4.98 Å². The standard InChI is InChI=1S/C21H26N4O/c1-14-13-19(23-16-9-5-4-6-10-16)25-21(22-14)20(15(2)24-25)17-11-7-8-12-18(17)26-3/h7-8,11-13,16,23H,4-6,9-10H2,1-3H3. The highest BCUT2D eigenvalue weighted by molar-refractivity contribution is 5.84. The average Bonchev–Trinajstić information content (AvgIpc) is 2.98. The van der Waals surface area contributed by atoms with Crippen LogP contribution < -0.4 is 10.1 Å². The number of methoxy groups -OCH3 is 1. The number of ether oxygens (including phenoxy) is 1. The molecule has 0 aliphatic heterocycles. The topological polar surface area (TPSA) is 51.5 Å². The lowest BCUT2D eigenvalue weighted by Gasteiger charge is -2.24. The van der Waals surface area contributed by atoms with Gasteiger partial charge in [0.15, 0.2) is 5.65 Å². The van der Waals surface area contributed by atoms with Crippen LogP contribution in [0.25, 0.3) is 16.8 Å². The fourth-order valence-corrected chi connectivity index (χ4v) is 3.97. The largest absolute Gasteiger partial charge is 0.496 e. The monoisotopic (exact) mass is 350 g/mol. The van der Waals surface area contributed by atoms with E-state index in [1.54, 1.807) is 7.11 Å². The molecule has 1 aromatic carbocycles. The van der Waals surface area contributed by atoms with Crippen molar-refractivity contribution in [2.45, 2.75) is 52.0 Å². The highest BCUT2D eigenvalue weighted by Crippen LogP contribution is 2.35. The van der Waals surface area contributed by atoms with Crippen molar-refractivity contribution in [3.8, 4) is 16.9 Å². The maximum absolute atomic E-state index is 5.57. The molecule has 5 heteroatoms. The van der Waals surface area contributed by atoms with Crippen molar-refractivity contribution < 1.29 is 4.74 Å². The van der Waals surface area contributed by atoms with Crippen LogP contribution in [0.2, 0.25) is 0 Å². The fraction of sp³-hybridized carbons (Fsp3) is 0.429. The summed E-state index contributed by atoms with van der Waals surface area (Å²) in [6, 6.07) is 10.7. The molecule has 0 atom stereocenters. The summed E-state index contributed by atoms with van der Waals surface area (Å²) in [5.74, 6) is 1.87. The number of aromatic nitrogens is 3. The molecule has 0 amide bonds. The summed E-state index contributed by atoms with van der Waals surface area (Å²) in [6.45, 7) is 4.08. The Morgan fingerprint density at radius 2 is 1.88 bits per heavy atom. The van der Waals surface area contributed by atoms with Gasteiger partial charge in [-0.3, -0.25) is 0 Å². The summed E-state index contributed by atoms with van der Waals surface area (Å²) in [6.07, 6.45) is 6.40. The highest BCUT2D eigenvalue weighted by atomic mass is 16.5. The molecule has 1 aliphatic carbocycles. The number of hydrogen-bond acceptors (Lipinski definition) is 4. The lowest BCUT2D eigenvalue weighted by atomic mass is 9.95. The Kier molecular flexibility index (Phi) is 4.53. The first-order valence-corrected chi connectivity index (χ1v) is 9.44. The maximum Gasteiger partial charge on any atom is 0.165 e. The number of fused-ring (bicyclic) bond motifs is 1. The van der Waals surface area contributed by atoms with Crippen molar-refractivity contribution in [1.82, 2.24) is 14.6 Å². The fourth-order valence-electron chi connectivity index (χ4n) is 3.97. The third kappa shape index (κ3) is 3.02. The summed E-state index contributed by atoms with van der Waals surface area (Å²) in [5, 5.41) is 8.52. The van der Waals surface area contributed by atoms with Crippen LogP contribution in [-0.4, -0.2) is 27.7 Å². The van der Waals surface area contributed by atoms with Gasteiger partial charge in [0.25, 0.3) is 0 Å². The number of anilines is 1. The number of rotatable bonds is 4. The van der Waals surface area contributed by atoms with E-state index in [-0.39, 0.29) is 0 Å². The van der Waals surface area contributed by atoms with Gasteiger partial charge >= 0.3 is 0 Å². The van der Waals surface area contributed by atoms with E-state index in [1.807, 2.05) is 36.6 Å². The lowest BCUT2D eigenvalue weighted by molar-refractivity contribution is 0.416. The number of nitrogens with zero attached hydrogens (tertiary/aromatic N) is 3. The first-order chi connectivity index (χ1) is 12.7. The van der Waals surface area contributed by atoms with Gasteiger partial charge in [0.2, 0.25) is 0 Å². The third-order valence-electron chi connectivity index (χ3n) is 5.23. The van der Waals surface area contributed by atoms with Gasteiger partial charge in [0.05, 0.1) is 18.4 Å². The van der Waals surface area contributed by atoms with Crippen molar-refractivity contribution in [3.63, 3.8) is 0 Å². The van der Waals surface area contributed by atoms with Crippen LogP contribution in [-0.2, 0) is 0 Å². The molecule has 1 N–H and O–H groups in total. The van der Waals surface area contributed by atoms with E-state index >= 15 is 0 Å². The number of hydrogen-bond donors (Lipinski definition) is 1. The number of aryl methyl sites for hydroxylation is 2. The molecular weight excluding hydrogens is 324 g/mol. The van der Waals surface area contributed by atoms with Gasteiger partial charge in [-0.2, -0.15) is 9.61 Å². The Balaban J connectivity index is 1.84. The van der Waals surface area contributed by atoms with E-state index in [9.17, 15) is 0 Å². The minimum Gasteiger partial charge on any atom is -0.496 e. The molecular formula is C21H26N4O. The van der Waals surface area contributed by atoms with Gasteiger partial charge < -0.3 is 10.1 Å². The van der Waals surface area contributed by atoms with Crippen molar-refractivity contribution in [2.75, 3.05) is 12.4 Å². The second-order valence-electron chi connectivity index (χ2n) is 7.16. The molecule has 0 radical (unpaired) electrons. The minimum atomic E-state index is 0.521. The molecule has 0 bridgehead atoms. The lowest BCUT2D eigenvalue weighted by Crippen LogP contribution is -2.24. The second-order valence-corrected chi connectivity index (χ2v) is 7.16. The summed E-state index contributed by atoms with van der Waals surface area (Å²) < 4.78 is 7.53. The normalized spacial score (nSPS) is 15.3. The van der Waals surface area contributed by atoms with Crippen LogP contribution in [0.4, 0.5) is 5.82 Å². The zero-order valence-electron chi connectivity index (χ0n) is 15.7. The molecule has 136 valence electrons. The summed E-state index contributed by atoms with van der Waals surface area (Å²) >= 11 is 0. The van der Waals surface area contributed by atoms with Crippen LogP contribution in [0.5, 0.6) is 5.75 Å². The number of nitrogens with one attached hydrogen (secondary N) is 1. The highest BCUT2D eigenvalue weighted by Gasteiger charge is 2.20. The molecule has 0 unspecified atom stereocenters. The van der Waals surface area contributed by atoms with Gasteiger partial charge in [-0.05, 0) is 32.8 Å². The molecule has 2 aromatic heterocycles. The zero-order chi connectivity index (χ0) is 18.1. The quantitative estimate of drug-likeness (QED) is 0.736. The van der Waals surface area contributed by atoms with Crippen molar-refractivity contribution in [3.05, 3.63) is 41.7 Å². The van der Waals surface area contributed by atoms with Crippen molar-refractivity contribution in [2.24, 2.45) is 0 Å². The molecule has 1 fully saturated rings. The summed E-state index contributed by atoms with van der Waals surface area (Å²) in [4.78, 5) is 4.81. The minimum absolute atomic E-state index is 0.521. The van der Waals surface area contributed by atoms with E-state index in [0.717, 1.165) is 39.7 Å². The molecule has 1 saturated carbocycles. The van der Waals surface area contributed by atoms with Crippen LogP contribution >= 0.6 is 0 Å². The number of para-hydroxylation sites is 1. The third-order valence-corrected chi connectivity index (χ3v) is 5.23. The zero-order valence-corrected chi connectivity index (χ0v) is 15.7. The van der Waals surface area contributed by atoms with Crippen LogP contribution in [0.15, 0.2) is 30.3 Å². The molecule has 0 spiro atoms. The average molecular weight is 350 g/mol. The number of benzene rings is 1. The smallest absolute Gasteiger partial charge is 0.165 e. The Morgan fingerprint density at radius 3 is 2.65 bits per heavy atom. The molecule has 0 saturated heterocycles. The second kappa shape index (κ2) is 6.98. The summed E-state index contributed by atoms with van der Waals surface area (Å²) in [7, 11) is 1.70. The molecule has 1 aliphatic rings. The molecule has 2 heterocycles. The molecule has 26 heavy (non-hydrogen) atoms. The molecule has 5 nitrogen and oxygen atoms in total. The van der Waals surface area contributed by atoms with E-state index < -0.39 is 0 Å². The Bertz CT molecular complexity index is 925. The van der Waals surface area contributed by atoms with Gasteiger partial charge in [0.1, 0.15) is 11.6 Å². The van der Waals surface area contributed by atoms with E-state index in [4.69, 9.17) is 14.8 Å². The Hall–Kier alpha value is -2.56. The van der Waals surface area contributed by atoms with Gasteiger partial charge in [-0.15, -0.1) is 0 Å². The van der Waals surface area contributed by atoms with Gasteiger partial charge in [0, 0.05) is 23.4 Å². The van der Waals surface area contributed by atoms with Crippen LogP contribution in [0, 0.1) is 13.8 Å². The van der Waals surface area contributed by atoms with Crippen molar-refractivity contribution in [1.29, 1.82) is 0 Å². The predicted octanol–water partition coefficient (Wildman–Crippen LogP) is 4.77. The Labute approximate surface area is 154 Å². The Morgan fingerprint density at radius 1 is 1.12 bits per heavy atom. The van der Waals surface area contributed by atoms with Crippen LogP contribution in [0.1, 0.15) is 43.5 Å². The maximum atomic E-state index is 5.57. The first kappa shape index (κ1) is 16.9. The van der Waals surface area contributed by atoms with E-state index in [1.165, 1.54) is 32.1 Å². The SMILES string of the molecule is COc1ccccc1-c1c(C)nn2c(NC3CCCCC3)cc(C)nc12.